The van der Waals surface area contributed by atoms with E-state index in [1.807, 2.05) is 6.07 Å². The van der Waals surface area contributed by atoms with E-state index in [4.69, 9.17) is 7.05 Å². The molecule has 9 heavy (non-hydrogen) atoms. The molecule has 1 rings (SSSR count). The standard InChI is InChI=1S/C6H5BrN2/c1-8-6-3-2-5(7)4-9-6/h1-4H,(H,8,9). The first-order valence-electron chi connectivity index (χ1n) is 2.41. The number of anilines is 1. The Bertz CT molecular complexity index is 183. The van der Waals surface area contributed by atoms with Crippen LogP contribution in [0.3, 0.4) is 0 Å². The number of hydrogen-bond donors (Lipinski definition) is 1. The van der Waals surface area contributed by atoms with E-state index in [9.17, 15) is 0 Å². The number of hydrogen-bond acceptors (Lipinski definition) is 2. The van der Waals surface area contributed by atoms with Crippen molar-refractivity contribution in [2.45, 2.75) is 0 Å². The molecule has 2 nitrogen and oxygen atoms in total. The fourth-order valence-electron chi connectivity index (χ4n) is 0.461. The molecule has 1 heterocycles. The molecule has 0 atom stereocenters. The predicted octanol–water partition coefficient (Wildman–Crippen LogP) is 1.92. The molecule has 1 aromatic heterocycles. The SMILES string of the molecule is [CH]Nc1ccc(Br)cn1. The van der Waals surface area contributed by atoms with Crippen LogP contribution in [0.4, 0.5) is 5.82 Å². The molecule has 1 N–H and O–H groups in total. The number of pyridine rings is 1. The summed E-state index contributed by atoms with van der Waals surface area (Å²) < 4.78 is 0.946. The molecule has 0 unspecified atom stereocenters. The molecule has 0 aliphatic heterocycles. The Morgan fingerprint density at radius 1 is 1.56 bits per heavy atom. The third-order valence-electron chi connectivity index (χ3n) is 0.875. The molecular formula is C6H5BrN2. The summed E-state index contributed by atoms with van der Waals surface area (Å²) >= 11 is 3.24. The minimum absolute atomic E-state index is 0.665. The second-order valence-electron chi connectivity index (χ2n) is 1.51. The number of aromatic nitrogens is 1. The Morgan fingerprint density at radius 2 is 2.33 bits per heavy atom. The average molecular weight is 185 g/mol. The maximum atomic E-state index is 5.07. The van der Waals surface area contributed by atoms with Gasteiger partial charge in [0.2, 0.25) is 0 Å². The molecule has 3 heteroatoms. The van der Waals surface area contributed by atoms with Crippen molar-refractivity contribution in [2.24, 2.45) is 0 Å². The summed E-state index contributed by atoms with van der Waals surface area (Å²) in [5.74, 6) is 0.665. The van der Waals surface area contributed by atoms with Gasteiger partial charge < -0.3 is 5.32 Å². The molecule has 0 saturated carbocycles. The number of rotatable bonds is 1. The van der Waals surface area contributed by atoms with Crippen molar-refractivity contribution < 1.29 is 0 Å². The van der Waals surface area contributed by atoms with Gasteiger partial charge in [-0.1, -0.05) is 0 Å². The highest BCUT2D eigenvalue weighted by molar-refractivity contribution is 9.10. The third kappa shape index (κ3) is 1.68. The number of halogens is 1. The van der Waals surface area contributed by atoms with Crippen molar-refractivity contribution in [2.75, 3.05) is 5.32 Å². The zero-order valence-electron chi connectivity index (χ0n) is 4.63. The molecule has 0 spiro atoms. The van der Waals surface area contributed by atoms with Crippen molar-refractivity contribution in [1.82, 2.24) is 4.98 Å². The molecule has 0 fully saturated rings. The van der Waals surface area contributed by atoms with Crippen molar-refractivity contribution in [3.8, 4) is 0 Å². The van der Waals surface area contributed by atoms with Crippen LogP contribution in [0.2, 0.25) is 0 Å². The van der Waals surface area contributed by atoms with E-state index < -0.39 is 0 Å². The van der Waals surface area contributed by atoms with E-state index in [1.54, 1.807) is 12.3 Å². The Hall–Kier alpha value is -0.570. The lowest BCUT2D eigenvalue weighted by Gasteiger charge is -1.94. The maximum Gasteiger partial charge on any atom is 0.126 e. The van der Waals surface area contributed by atoms with Gasteiger partial charge >= 0.3 is 0 Å². The van der Waals surface area contributed by atoms with Crippen LogP contribution < -0.4 is 5.32 Å². The van der Waals surface area contributed by atoms with E-state index in [2.05, 4.69) is 26.2 Å². The van der Waals surface area contributed by atoms with Gasteiger partial charge in [0.25, 0.3) is 0 Å². The van der Waals surface area contributed by atoms with E-state index >= 15 is 0 Å². The quantitative estimate of drug-likeness (QED) is 0.676. The summed E-state index contributed by atoms with van der Waals surface area (Å²) in [4.78, 5) is 3.91. The van der Waals surface area contributed by atoms with Crippen LogP contribution in [-0.4, -0.2) is 4.98 Å². The lowest BCUT2D eigenvalue weighted by atomic mass is 10.5. The molecule has 0 amide bonds. The van der Waals surface area contributed by atoms with Gasteiger partial charge in [-0.2, -0.15) is 0 Å². The topological polar surface area (TPSA) is 24.9 Å². The number of nitrogens with one attached hydrogen (secondary N) is 1. The van der Waals surface area contributed by atoms with Crippen LogP contribution in [0.5, 0.6) is 0 Å². The highest BCUT2D eigenvalue weighted by Gasteiger charge is 1.86. The summed E-state index contributed by atoms with van der Waals surface area (Å²) in [6.45, 7) is 0. The second kappa shape index (κ2) is 2.82. The molecular weight excluding hydrogens is 180 g/mol. The Balaban J connectivity index is 2.88. The van der Waals surface area contributed by atoms with E-state index in [0.717, 1.165) is 4.47 Å². The monoisotopic (exact) mass is 184 g/mol. The third-order valence-corrected chi connectivity index (χ3v) is 1.34. The molecule has 2 radical (unpaired) electrons. The molecule has 0 aliphatic carbocycles. The Labute approximate surface area is 62.4 Å². The summed E-state index contributed by atoms with van der Waals surface area (Å²) in [7, 11) is 5.07. The molecule has 1 aromatic rings. The lowest BCUT2D eigenvalue weighted by Crippen LogP contribution is -1.86. The van der Waals surface area contributed by atoms with Gasteiger partial charge in [-0.3, -0.25) is 0 Å². The predicted molar refractivity (Wildman–Crippen MR) is 39.9 cm³/mol. The first-order chi connectivity index (χ1) is 4.33. The Kier molecular flexibility index (Phi) is 2.05. The summed E-state index contributed by atoms with van der Waals surface area (Å²) in [6.07, 6.45) is 1.68. The van der Waals surface area contributed by atoms with Crippen molar-refractivity contribution in [3.63, 3.8) is 0 Å². The maximum absolute atomic E-state index is 5.07. The van der Waals surface area contributed by atoms with Crippen LogP contribution in [0.25, 0.3) is 0 Å². The smallest absolute Gasteiger partial charge is 0.126 e. The van der Waals surface area contributed by atoms with Crippen LogP contribution in [0.15, 0.2) is 22.8 Å². The molecule has 0 saturated heterocycles. The Morgan fingerprint density at radius 3 is 2.78 bits per heavy atom. The minimum atomic E-state index is 0.665. The first-order valence-corrected chi connectivity index (χ1v) is 3.20. The highest BCUT2D eigenvalue weighted by Crippen LogP contribution is 2.09. The zero-order valence-corrected chi connectivity index (χ0v) is 6.22. The van der Waals surface area contributed by atoms with Gasteiger partial charge in [0.15, 0.2) is 0 Å². The van der Waals surface area contributed by atoms with Crippen molar-refractivity contribution in [3.05, 3.63) is 29.8 Å². The lowest BCUT2D eigenvalue weighted by molar-refractivity contribution is 1.29. The van der Waals surface area contributed by atoms with E-state index in [1.165, 1.54) is 0 Å². The van der Waals surface area contributed by atoms with Gasteiger partial charge in [0, 0.05) is 10.7 Å². The van der Waals surface area contributed by atoms with Crippen molar-refractivity contribution >= 4 is 21.7 Å². The summed E-state index contributed by atoms with van der Waals surface area (Å²) in [5, 5.41) is 2.42. The molecule has 0 bridgehead atoms. The highest BCUT2D eigenvalue weighted by atomic mass is 79.9. The normalized spacial score (nSPS) is 9.11. The van der Waals surface area contributed by atoms with Gasteiger partial charge in [-0.05, 0) is 28.1 Å². The molecule has 46 valence electrons. The van der Waals surface area contributed by atoms with Gasteiger partial charge in [-0.15, -0.1) is 0 Å². The van der Waals surface area contributed by atoms with Gasteiger partial charge in [-0.25, -0.2) is 4.98 Å². The fourth-order valence-corrected chi connectivity index (χ4v) is 0.696. The zero-order chi connectivity index (χ0) is 6.69. The summed E-state index contributed by atoms with van der Waals surface area (Å²) in [5.41, 5.74) is 0. The van der Waals surface area contributed by atoms with Crippen molar-refractivity contribution in [1.29, 1.82) is 0 Å². The van der Waals surface area contributed by atoms with Crippen LogP contribution in [0, 0.1) is 7.05 Å². The van der Waals surface area contributed by atoms with Crippen LogP contribution in [-0.2, 0) is 0 Å². The average Bonchev–Trinajstić information content (AvgIpc) is 1.90. The van der Waals surface area contributed by atoms with Crippen LogP contribution >= 0.6 is 15.9 Å². The van der Waals surface area contributed by atoms with Crippen LogP contribution in [0.1, 0.15) is 0 Å². The minimum Gasteiger partial charge on any atom is -0.363 e. The summed E-state index contributed by atoms with van der Waals surface area (Å²) in [6, 6.07) is 3.65. The first kappa shape index (κ1) is 6.55. The van der Waals surface area contributed by atoms with Gasteiger partial charge in [0.1, 0.15) is 5.82 Å². The largest absolute Gasteiger partial charge is 0.363 e. The molecule has 0 aliphatic rings. The second-order valence-corrected chi connectivity index (χ2v) is 2.42. The van der Waals surface area contributed by atoms with E-state index in [0.29, 0.717) is 5.82 Å². The number of nitrogens with zero attached hydrogens (tertiary/aromatic N) is 1. The van der Waals surface area contributed by atoms with E-state index in [-0.39, 0.29) is 0 Å². The molecule has 0 aromatic carbocycles. The fraction of sp³-hybridized carbons (Fsp3) is 0. The van der Waals surface area contributed by atoms with Gasteiger partial charge in [0.05, 0.1) is 7.05 Å².